The molecule has 0 fully saturated rings. The first-order valence-electron chi connectivity index (χ1n) is 4.50. The van der Waals surface area contributed by atoms with E-state index in [1.165, 1.54) is 0 Å². The van der Waals surface area contributed by atoms with Crippen LogP contribution in [0.2, 0.25) is 0 Å². The van der Waals surface area contributed by atoms with Crippen molar-refractivity contribution in [3.8, 4) is 0 Å². The largest absolute Gasteiger partial charge is 0.394 e. The second-order valence-corrected chi connectivity index (χ2v) is 3.66. The number of carbonyl (C=O) groups excluding carboxylic acids is 1. The van der Waals surface area contributed by atoms with Crippen molar-refractivity contribution in [1.29, 1.82) is 0 Å². The molecule has 1 amide bonds. The predicted molar refractivity (Wildman–Crippen MR) is 52.5 cm³/mol. The van der Waals surface area contributed by atoms with Gasteiger partial charge in [-0.2, -0.15) is 0 Å². The fourth-order valence-corrected chi connectivity index (χ4v) is 1.12. The van der Waals surface area contributed by atoms with E-state index in [1.807, 2.05) is 0 Å². The van der Waals surface area contributed by atoms with E-state index < -0.39 is 5.54 Å². The molecule has 0 spiro atoms. The van der Waals surface area contributed by atoms with E-state index in [0.717, 1.165) is 0 Å². The summed E-state index contributed by atoms with van der Waals surface area (Å²) in [4.78, 5) is 11.5. The first-order valence-corrected chi connectivity index (χ1v) is 4.50. The fraction of sp³-hybridized carbons (Fsp3) is 0.500. The van der Waals surface area contributed by atoms with Crippen molar-refractivity contribution >= 4 is 5.91 Å². The van der Waals surface area contributed by atoms with Crippen LogP contribution in [0.3, 0.4) is 0 Å². The van der Waals surface area contributed by atoms with Gasteiger partial charge in [-0.15, -0.1) is 0 Å². The lowest BCUT2D eigenvalue weighted by molar-refractivity contribution is -0.125. The Hall–Kier alpha value is -1.13. The highest BCUT2D eigenvalue weighted by molar-refractivity contribution is 5.83. The predicted octanol–water partition coefficient (Wildman–Crippen LogP) is -0.412. The molecule has 0 saturated carbocycles. The van der Waals surface area contributed by atoms with Gasteiger partial charge in [0.1, 0.15) is 0 Å². The van der Waals surface area contributed by atoms with Crippen molar-refractivity contribution in [3.05, 3.63) is 24.3 Å². The minimum absolute atomic E-state index is 0.208. The molecule has 0 aromatic heterocycles. The summed E-state index contributed by atoms with van der Waals surface area (Å²) >= 11 is 0. The van der Waals surface area contributed by atoms with Gasteiger partial charge in [-0.05, 0) is 6.92 Å². The molecule has 3 N–H and O–H groups in total. The van der Waals surface area contributed by atoms with Crippen LogP contribution in [0.4, 0.5) is 0 Å². The highest BCUT2D eigenvalue weighted by Crippen LogP contribution is 2.11. The van der Waals surface area contributed by atoms with Crippen molar-refractivity contribution in [1.82, 2.24) is 5.32 Å². The summed E-state index contributed by atoms with van der Waals surface area (Å²) in [6.07, 6.45) is 7.09. The van der Waals surface area contributed by atoms with Gasteiger partial charge in [-0.3, -0.25) is 4.79 Å². The molecule has 14 heavy (non-hydrogen) atoms. The van der Waals surface area contributed by atoms with Crippen LogP contribution < -0.4 is 5.32 Å². The van der Waals surface area contributed by atoms with Crippen molar-refractivity contribution < 1.29 is 15.0 Å². The number of hydrogen-bond acceptors (Lipinski definition) is 3. The SMILES string of the molecule is CC(CO)(CO)NC(=O)C1C=CC=C1. The number of hydrogen-bond donors (Lipinski definition) is 3. The van der Waals surface area contributed by atoms with E-state index >= 15 is 0 Å². The van der Waals surface area contributed by atoms with Crippen LogP contribution in [0, 0.1) is 5.92 Å². The molecular weight excluding hydrogens is 182 g/mol. The summed E-state index contributed by atoms with van der Waals surface area (Å²) in [7, 11) is 0. The third-order valence-corrected chi connectivity index (χ3v) is 2.17. The summed E-state index contributed by atoms with van der Waals surface area (Å²) in [5.74, 6) is -0.493. The Labute approximate surface area is 82.9 Å². The summed E-state index contributed by atoms with van der Waals surface area (Å²) in [5, 5.41) is 20.5. The smallest absolute Gasteiger partial charge is 0.231 e. The van der Waals surface area contributed by atoms with Gasteiger partial charge in [0.25, 0.3) is 0 Å². The molecule has 78 valence electrons. The summed E-state index contributed by atoms with van der Waals surface area (Å²) in [5.41, 5.74) is -0.943. The highest BCUT2D eigenvalue weighted by Gasteiger charge is 2.27. The number of aliphatic hydroxyl groups is 2. The maximum absolute atomic E-state index is 11.5. The van der Waals surface area contributed by atoms with Gasteiger partial charge in [0.05, 0.1) is 24.7 Å². The molecule has 0 unspecified atom stereocenters. The molecule has 0 saturated heterocycles. The summed E-state index contributed by atoms with van der Waals surface area (Å²) < 4.78 is 0. The number of aliphatic hydroxyl groups excluding tert-OH is 2. The Balaban J connectivity index is 2.55. The number of nitrogens with one attached hydrogen (secondary N) is 1. The quantitative estimate of drug-likeness (QED) is 0.573. The molecule has 1 rings (SSSR count). The zero-order valence-corrected chi connectivity index (χ0v) is 8.10. The third-order valence-electron chi connectivity index (χ3n) is 2.17. The number of amides is 1. The first kappa shape index (κ1) is 10.9. The van der Waals surface area contributed by atoms with Crippen molar-refractivity contribution in [2.45, 2.75) is 12.5 Å². The monoisotopic (exact) mass is 197 g/mol. The maximum atomic E-state index is 11.5. The van der Waals surface area contributed by atoms with Gasteiger partial charge in [-0.1, -0.05) is 24.3 Å². The highest BCUT2D eigenvalue weighted by atomic mass is 16.3. The van der Waals surface area contributed by atoms with Crippen LogP contribution in [-0.2, 0) is 4.79 Å². The van der Waals surface area contributed by atoms with Gasteiger partial charge >= 0.3 is 0 Å². The van der Waals surface area contributed by atoms with E-state index in [-0.39, 0.29) is 25.0 Å². The number of rotatable bonds is 4. The Morgan fingerprint density at radius 3 is 2.29 bits per heavy atom. The second kappa shape index (κ2) is 4.39. The van der Waals surface area contributed by atoms with Gasteiger partial charge in [0.15, 0.2) is 0 Å². The van der Waals surface area contributed by atoms with Gasteiger partial charge in [-0.25, -0.2) is 0 Å². The topological polar surface area (TPSA) is 69.6 Å². The standard InChI is InChI=1S/C10H15NO3/c1-10(6-12,7-13)11-9(14)8-4-2-3-5-8/h2-5,8,12-13H,6-7H2,1H3,(H,11,14). The molecule has 0 aromatic carbocycles. The number of carbonyl (C=O) groups is 1. The van der Waals surface area contributed by atoms with E-state index in [4.69, 9.17) is 10.2 Å². The van der Waals surface area contributed by atoms with Crippen LogP contribution in [0.25, 0.3) is 0 Å². The van der Waals surface area contributed by atoms with Crippen LogP contribution in [-0.4, -0.2) is 34.9 Å². The van der Waals surface area contributed by atoms with Crippen molar-refractivity contribution in [2.75, 3.05) is 13.2 Å². The van der Waals surface area contributed by atoms with Gasteiger partial charge in [0.2, 0.25) is 5.91 Å². The van der Waals surface area contributed by atoms with E-state index in [1.54, 1.807) is 31.2 Å². The van der Waals surface area contributed by atoms with Crippen molar-refractivity contribution in [3.63, 3.8) is 0 Å². The zero-order valence-electron chi connectivity index (χ0n) is 8.10. The first-order chi connectivity index (χ1) is 6.61. The van der Waals surface area contributed by atoms with Crippen LogP contribution in [0.5, 0.6) is 0 Å². The Kier molecular flexibility index (Phi) is 3.43. The molecule has 0 bridgehead atoms. The zero-order chi connectivity index (χ0) is 10.6. The molecule has 0 atom stereocenters. The minimum Gasteiger partial charge on any atom is -0.394 e. The lowest BCUT2D eigenvalue weighted by Gasteiger charge is -2.27. The number of allylic oxidation sites excluding steroid dienone is 2. The normalized spacial score (nSPS) is 16.2. The Morgan fingerprint density at radius 2 is 1.86 bits per heavy atom. The molecule has 0 radical (unpaired) electrons. The second-order valence-electron chi connectivity index (χ2n) is 3.66. The lowest BCUT2D eigenvalue weighted by atomic mass is 10.0. The van der Waals surface area contributed by atoms with Gasteiger partial charge < -0.3 is 15.5 Å². The molecular formula is C10H15NO3. The molecule has 1 aliphatic rings. The molecule has 0 heterocycles. The third kappa shape index (κ3) is 2.43. The summed E-state index contributed by atoms with van der Waals surface area (Å²) in [6.45, 7) is 1.03. The van der Waals surface area contributed by atoms with E-state index in [0.29, 0.717) is 0 Å². The van der Waals surface area contributed by atoms with Crippen LogP contribution >= 0.6 is 0 Å². The average Bonchev–Trinajstić information content (AvgIpc) is 2.70. The Morgan fingerprint density at radius 1 is 1.36 bits per heavy atom. The minimum atomic E-state index is -0.943. The lowest BCUT2D eigenvalue weighted by Crippen LogP contribution is -2.53. The molecule has 0 aromatic rings. The molecule has 4 heteroatoms. The van der Waals surface area contributed by atoms with E-state index in [2.05, 4.69) is 5.32 Å². The molecule has 0 aliphatic heterocycles. The fourth-order valence-electron chi connectivity index (χ4n) is 1.12. The van der Waals surface area contributed by atoms with E-state index in [9.17, 15) is 4.79 Å². The molecule has 1 aliphatic carbocycles. The summed E-state index contributed by atoms with van der Waals surface area (Å²) in [6, 6.07) is 0. The van der Waals surface area contributed by atoms with Crippen molar-refractivity contribution in [2.24, 2.45) is 5.92 Å². The Bertz CT molecular complexity index is 255. The van der Waals surface area contributed by atoms with Gasteiger partial charge in [0, 0.05) is 0 Å². The van der Waals surface area contributed by atoms with Crippen LogP contribution in [0.1, 0.15) is 6.92 Å². The molecule has 4 nitrogen and oxygen atoms in total. The van der Waals surface area contributed by atoms with Crippen LogP contribution in [0.15, 0.2) is 24.3 Å². The average molecular weight is 197 g/mol. The maximum Gasteiger partial charge on any atom is 0.231 e.